The molecule has 5 aromatic rings. The third kappa shape index (κ3) is 10.6. The van der Waals surface area contributed by atoms with Gasteiger partial charge in [-0.3, -0.25) is 34.8 Å². The third-order valence-corrected chi connectivity index (χ3v) is 11.7. The van der Waals surface area contributed by atoms with Crippen molar-refractivity contribution in [3.8, 4) is 0 Å². The van der Waals surface area contributed by atoms with E-state index >= 15 is 0 Å². The number of amides is 4. The standard InChI is InChI=1S/C46H48F2N10O4/c47-38-3-1-2-4-40(38)52-43(60)32-5-11-34(12-6-32)50-42-39(48)29-49-46(54-42)51-35-13-7-33(8-14-35)44(61)55-58-23-20-30(21-24-58)19-22-56-25-27-57(28-26-56)36-15-9-31(10-16-36)37-17-18-41(59)53-45(37)62/h1-16,29-30,37H,17-28H2,(H,52,60)(H,55,61)(H,53,59,62)(H2,49,50,51,54). The molecular formula is C46H48F2N10O4. The number of nitrogens with one attached hydrogen (secondary N) is 5. The summed E-state index contributed by atoms with van der Waals surface area (Å²) in [5.74, 6) is -1.94. The van der Waals surface area contributed by atoms with Gasteiger partial charge in [0.2, 0.25) is 17.8 Å². The summed E-state index contributed by atoms with van der Waals surface area (Å²) in [5, 5.41) is 12.9. The zero-order chi connectivity index (χ0) is 43.0. The van der Waals surface area contributed by atoms with E-state index in [1.165, 1.54) is 30.3 Å². The molecule has 4 heterocycles. The van der Waals surface area contributed by atoms with E-state index < -0.39 is 17.5 Å². The Morgan fingerprint density at radius 2 is 1.39 bits per heavy atom. The molecule has 0 aliphatic carbocycles. The molecule has 4 amide bonds. The van der Waals surface area contributed by atoms with Crippen molar-refractivity contribution in [2.24, 2.45) is 5.92 Å². The summed E-state index contributed by atoms with van der Waals surface area (Å²) in [6.45, 7) is 6.50. The average Bonchev–Trinajstić information content (AvgIpc) is 3.29. The third-order valence-electron chi connectivity index (χ3n) is 11.7. The molecule has 0 spiro atoms. The Kier molecular flexibility index (Phi) is 13.0. The molecule has 3 fully saturated rings. The highest BCUT2D eigenvalue weighted by molar-refractivity contribution is 6.04. The number of benzene rings is 4. The lowest BCUT2D eigenvalue weighted by Gasteiger charge is -2.37. The van der Waals surface area contributed by atoms with Gasteiger partial charge in [-0.15, -0.1) is 0 Å². The summed E-state index contributed by atoms with van der Waals surface area (Å²) in [6, 6.07) is 27.2. The van der Waals surface area contributed by atoms with Crippen LogP contribution in [0.3, 0.4) is 0 Å². The molecule has 62 heavy (non-hydrogen) atoms. The number of anilines is 6. The fourth-order valence-electron chi connectivity index (χ4n) is 8.01. The van der Waals surface area contributed by atoms with E-state index in [-0.39, 0.29) is 46.7 Å². The first-order valence-corrected chi connectivity index (χ1v) is 20.9. The van der Waals surface area contributed by atoms with Crippen molar-refractivity contribution in [3.63, 3.8) is 0 Å². The first-order chi connectivity index (χ1) is 30.1. The van der Waals surface area contributed by atoms with Crippen molar-refractivity contribution in [1.82, 2.24) is 30.6 Å². The Labute approximate surface area is 358 Å². The molecule has 14 nitrogen and oxygen atoms in total. The number of piperidine rings is 2. The predicted molar refractivity (Wildman–Crippen MR) is 232 cm³/mol. The first kappa shape index (κ1) is 41.9. The molecule has 1 unspecified atom stereocenters. The lowest BCUT2D eigenvalue weighted by Crippen LogP contribution is -2.48. The molecule has 5 N–H and O–H groups in total. The van der Waals surface area contributed by atoms with E-state index in [1.54, 1.807) is 42.5 Å². The number of carbonyl (C=O) groups excluding carboxylic acids is 4. The molecule has 0 radical (unpaired) electrons. The topological polar surface area (TPSA) is 164 Å². The van der Waals surface area contributed by atoms with Crippen LogP contribution in [0.2, 0.25) is 0 Å². The number of halogens is 2. The first-order valence-electron chi connectivity index (χ1n) is 20.9. The van der Waals surface area contributed by atoms with Crippen LogP contribution in [0.15, 0.2) is 103 Å². The van der Waals surface area contributed by atoms with E-state index in [4.69, 9.17) is 0 Å². The zero-order valence-corrected chi connectivity index (χ0v) is 34.1. The Morgan fingerprint density at radius 3 is 2.06 bits per heavy atom. The van der Waals surface area contributed by atoms with Crippen LogP contribution in [0.1, 0.15) is 64.3 Å². The molecule has 16 heteroatoms. The minimum atomic E-state index is -0.683. The lowest BCUT2D eigenvalue weighted by molar-refractivity contribution is -0.134. The molecule has 1 aromatic heterocycles. The maximum absolute atomic E-state index is 14.7. The predicted octanol–water partition coefficient (Wildman–Crippen LogP) is 6.58. The van der Waals surface area contributed by atoms with Crippen LogP contribution >= 0.6 is 0 Å². The maximum atomic E-state index is 14.7. The van der Waals surface area contributed by atoms with Crippen molar-refractivity contribution in [2.45, 2.75) is 38.0 Å². The fourth-order valence-corrected chi connectivity index (χ4v) is 8.01. The monoisotopic (exact) mass is 842 g/mol. The van der Waals surface area contributed by atoms with Gasteiger partial charge >= 0.3 is 0 Å². The number of imide groups is 1. The normalized spacial score (nSPS) is 17.6. The zero-order valence-electron chi connectivity index (χ0n) is 34.1. The lowest BCUT2D eigenvalue weighted by atomic mass is 9.90. The van der Waals surface area contributed by atoms with Gasteiger partial charge in [-0.1, -0.05) is 24.3 Å². The maximum Gasteiger partial charge on any atom is 0.265 e. The molecular weight excluding hydrogens is 795 g/mol. The summed E-state index contributed by atoms with van der Waals surface area (Å²) in [5.41, 5.74) is 7.08. The van der Waals surface area contributed by atoms with Crippen molar-refractivity contribution >= 4 is 58.1 Å². The second-order valence-electron chi connectivity index (χ2n) is 15.8. The molecule has 0 bridgehead atoms. The number of para-hydroxylation sites is 1. The molecule has 3 saturated heterocycles. The van der Waals surface area contributed by atoms with Gasteiger partial charge in [0.25, 0.3) is 11.8 Å². The Bertz CT molecular complexity index is 2390. The highest BCUT2D eigenvalue weighted by Gasteiger charge is 2.28. The SMILES string of the molecule is O=C1CCC(c2ccc(N3CCN(CCC4CCN(NC(=O)c5ccc(Nc6ncc(F)c(Nc7ccc(C(=O)Nc8ccccc8F)cc7)n6)cc5)CC4)CC3)cc2)C(=O)N1. The highest BCUT2D eigenvalue weighted by Crippen LogP contribution is 2.28. The number of rotatable bonds is 13. The molecule has 4 aromatic carbocycles. The Morgan fingerprint density at radius 1 is 0.726 bits per heavy atom. The van der Waals surface area contributed by atoms with Crippen molar-refractivity contribution in [1.29, 1.82) is 0 Å². The number of hydrazine groups is 1. The van der Waals surface area contributed by atoms with E-state index in [9.17, 15) is 28.0 Å². The van der Waals surface area contributed by atoms with Gasteiger partial charge < -0.3 is 20.9 Å². The van der Waals surface area contributed by atoms with Gasteiger partial charge in [0, 0.05) is 73.9 Å². The summed E-state index contributed by atoms with van der Waals surface area (Å²) in [6.07, 6.45) is 5.11. The van der Waals surface area contributed by atoms with Crippen LogP contribution in [-0.4, -0.2) is 89.3 Å². The minimum Gasteiger partial charge on any atom is -0.369 e. The largest absolute Gasteiger partial charge is 0.369 e. The number of aromatic nitrogens is 2. The summed E-state index contributed by atoms with van der Waals surface area (Å²) in [4.78, 5) is 62.7. The average molecular weight is 843 g/mol. The van der Waals surface area contributed by atoms with Gasteiger partial charge in [-0.25, -0.2) is 18.8 Å². The number of hydrogen-bond donors (Lipinski definition) is 5. The minimum absolute atomic E-state index is 0.0681. The van der Waals surface area contributed by atoms with Crippen LogP contribution in [0.4, 0.5) is 43.3 Å². The van der Waals surface area contributed by atoms with E-state index in [0.29, 0.717) is 35.7 Å². The number of nitrogens with zero attached hydrogens (tertiary/aromatic N) is 5. The number of carbonyl (C=O) groups is 4. The summed E-state index contributed by atoms with van der Waals surface area (Å²) >= 11 is 0. The van der Waals surface area contributed by atoms with Crippen LogP contribution in [0.5, 0.6) is 0 Å². The van der Waals surface area contributed by atoms with Crippen LogP contribution in [-0.2, 0) is 9.59 Å². The van der Waals surface area contributed by atoms with Crippen LogP contribution in [0, 0.1) is 17.6 Å². The van der Waals surface area contributed by atoms with Gasteiger partial charge in [0.15, 0.2) is 11.6 Å². The van der Waals surface area contributed by atoms with Gasteiger partial charge in [0.1, 0.15) is 5.82 Å². The van der Waals surface area contributed by atoms with Gasteiger partial charge in [0.05, 0.1) is 17.8 Å². The Hall–Kier alpha value is -6.78. The summed E-state index contributed by atoms with van der Waals surface area (Å²) in [7, 11) is 0. The van der Waals surface area contributed by atoms with E-state index in [0.717, 1.165) is 82.5 Å². The van der Waals surface area contributed by atoms with Gasteiger partial charge in [-0.05, 0) is 117 Å². The molecule has 320 valence electrons. The molecule has 1 atom stereocenters. The van der Waals surface area contributed by atoms with E-state index in [2.05, 4.69) is 58.6 Å². The highest BCUT2D eigenvalue weighted by atomic mass is 19.1. The number of hydrogen-bond acceptors (Lipinski definition) is 11. The Balaban J connectivity index is 0.739. The smallest absolute Gasteiger partial charge is 0.265 e. The van der Waals surface area contributed by atoms with Crippen molar-refractivity contribution < 1.29 is 28.0 Å². The van der Waals surface area contributed by atoms with Gasteiger partial charge in [-0.2, -0.15) is 4.98 Å². The molecule has 3 aliphatic rings. The summed E-state index contributed by atoms with van der Waals surface area (Å²) < 4.78 is 28.6. The number of piperazine rings is 1. The van der Waals surface area contributed by atoms with Crippen LogP contribution in [0.25, 0.3) is 0 Å². The second-order valence-corrected chi connectivity index (χ2v) is 15.8. The van der Waals surface area contributed by atoms with Crippen molar-refractivity contribution in [3.05, 3.63) is 132 Å². The molecule has 8 rings (SSSR count). The quantitative estimate of drug-likeness (QED) is 0.0814. The molecule has 3 aliphatic heterocycles. The fraction of sp³-hybridized carbons (Fsp3) is 0.304. The van der Waals surface area contributed by atoms with Crippen LogP contribution < -0.4 is 31.6 Å². The second kappa shape index (κ2) is 19.3. The van der Waals surface area contributed by atoms with Crippen molar-refractivity contribution in [2.75, 3.05) is 66.7 Å². The molecule has 0 saturated carbocycles. The van der Waals surface area contributed by atoms with E-state index in [1.807, 2.05) is 17.1 Å².